The summed E-state index contributed by atoms with van der Waals surface area (Å²) >= 11 is 0. The van der Waals surface area contributed by atoms with Crippen LogP contribution in [0.1, 0.15) is 22.3 Å². The van der Waals surface area contributed by atoms with E-state index in [0.717, 1.165) is 22.3 Å². The first-order chi connectivity index (χ1) is 23.3. The lowest BCUT2D eigenvalue weighted by Gasteiger charge is -2.40. The van der Waals surface area contributed by atoms with Gasteiger partial charge in [0, 0.05) is 38.2 Å². The molecule has 2 aliphatic rings. The number of hydrogen-bond acceptors (Lipinski definition) is 1. The zero-order chi connectivity index (χ0) is 30.7. The number of para-hydroxylation sites is 2. The van der Waals surface area contributed by atoms with Gasteiger partial charge in [-0.2, -0.15) is 0 Å². The van der Waals surface area contributed by atoms with Crippen molar-refractivity contribution in [2.75, 3.05) is 0 Å². The van der Waals surface area contributed by atoms with Crippen LogP contribution in [-0.2, 0) is 5.41 Å². The van der Waals surface area contributed by atoms with Gasteiger partial charge >= 0.3 is 0 Å². The van der Waals surface area contributed by atoms with Crippen LogP contribution < -0.4 is 4.74 Å². The van der Waals surface area contributed by atoms with E-state index in [1.165, 1.54) is 71.6 Å². The van der Waals surface area contributed by atoms with Crippen molar-refractivity contribution >= 4 is 43.4 Å². The summed E-state index contributed by atoms with van der Waals surface area (Å²) in [5.74, 6) is 1.88. The Morgan fingerprint density at radius 1 is 0.383 bits per heavy atom. The molecule has 9 aromatic rings. The number of rotatable bonds is 1. The predicted molar refractivity (Wildman–Crippen MR) is 193 cm³/mol. The van der Waals surface area contributed by atoms with Gasteiger partial charge in [0.1, 0.15) is 11.5 Å². The standard InChI is InChI=1S/C45H27NO/c1-3-14-30-28(12-1)24-26-37-43(30)47-44-31-15-4-2-13-29(31)25-27-38(44)45(37)35-19-8-5-18-34(35)42-36(45)20-11-23-41(42)46-39-21-9-6-16-32(39)33-17-7-10-22-40(33)46/h1-27H. The summed E-state index contributed by atoms with van der Waals surface area (Å²) in [7, 11) is 0. The van der Waals surface area contributed by atoms with E-state index in [9.17, 15) is 0 Å². The second-order valence-electron chi connectivity index (χ2n) is 12.8. The maximum atomic E-state index is 7.13. The van der Waals surface area contributed by atoms with E-state index in [1.54, 1.807) is 0 Å². The SMILES string of the molecule is c1ccc2c(c1)-c1c(-n3c4ccccc4c4ccccc43)cccc1C21c2ccc3ccccc3c2Oc2c1ccc1ccccc21. The third-order valence-electron chi connectivity index (χ3n) is 10.6. The summed E-state index contributed by atoms with van der Waals surface area (Å²) in [5, 5.41) is 7.15. The largest absolute Gasteiger partial charge is 0.455 e. The Kier molecular flexibility index (Phi) is 4.80. The van der Waals surface area contributed by atoms with E-state index in [4.69, 9.17) is 4.74 Å². The van der Waals surface area contributed by atoms with Crippen molar-refractivity contribution in [2.24, 2.45) is 0 Å². The van der Waals surface area contributed by atoms with Crippen molar-refractivity contribution in [1.29, 1.82) is 0 Å². The molecule has 1 aliphatic carbocycles. The summed E-state index contributed by atoms with van der Waals surface area (Å²) in [5.41, 5.74) is 10.5. The number of aromatic nitrogens is 1. The molecule has 2 heteroatoms. The highest BCUT2D eigenvalue weighted by atomic mass is 16.5. The molecule has 11 rings (SSSR count). The molecular formula is C45H27NO. The van der Waals surface area contributed by atoms with Crippen LogP contribution in [0.4, 0.5) is 0 Å². The lowest BCUT2D eigenvalue weighted by atomic mass is 9.65. The van der Waals surface area contributed by atoms with Crippen LogP contribution in [0.15, 0.2) is 164 Å². The molecule has 0 N–H and O–H groups in total. The van der Waals surface area contributed by atoms with Crippen molar-refractivity contribution < 1.29 is 4.74 Å². The molecule has 2 nitrogen and oxygen atoms in total. The van der Waals surface area contributed by atoms with Gasteiger partial charge in [-0.05, 0) is 45.7 Å². The number of benzene rings is 8. The minimum Gasteiger partial charge on any atom is -0.455 e. The van der Waals surface area contributed by atoms with Crippen molar-refractivity contribution in [3.05, 3.63) is 186 Å². The Morgan fingerprint density at radius 3 is 1.53 bits per heavy atom. The Bertz CT molecular complexity index is 2650. The minimum absolute atomic E-state index is 0.572. The normalized spacial score (nSPS) is 13.9. The van der Waals surface area contributed by atoms with Gasteiger partial charge in [-0.25, -0.2) is 0 Å². The highest BCUT2D eigenvalue weighted by Crippen LogP contribution is 2.64. The van der Waals surface area contributed by atoms with E-state index < -0.39 is 5.41 Å². The third kappa shape index (κ3) is 3.05. The van der Waals surface area contributed by atoms with Gasteiger partial charge in [-0.1, -0.05) is 146 Å². The molecule has 0 radical (unpaired) electrons. The molecule has 0 unspecified atom stereocenters. The fraction of sp³-hybridized carbons (Fsp3) is 0.0222. The Balaban J connectivity index is 1.34. The number of nitrogens with zero attached hydrogens (tertiary/aromatic N) is 1. The highest BCUT2D eigenvalue weighted by Gasteiger charge is 2.52. The Morgan fingerprint density at radius 2 is 0.894 bits per heavy atom. The third-order valence-corrected chi connectivity index (χ3v) is 10.6. The maximum absolute atomic E-state index is 7.13. The molecule has 0 fully saturated rings. The van der Waals surface area contributed by atoms with Gasteiger partial charge < -0.3 is 9.30 Å². The van der Waals surface area contributed by atoms with Crippen molar-refractivity contribution in [3.8, 4) is 28.3 Å². The van der Waals surface area contributed by atoms with E-state index in [-0.39, 0.29) is 0 Å². The summed E-state index contributed by atoms with van der Waals surface area (Å²) in [6, 6.07) is 59.9. The van der Waals surface area contributed by atoms with Crippen molar-refractivity contribution in [1.82, 2.24) is 4.57 Å². The molecule has 1 aromatic heterocycles. The first-order valence-corrected chi connectivity index (χ1v) is 16.3. The quantitative estimate of drug-likeness (QED) is 0.184. The van der Waals surface area contributed by atoms with Crippen LogP contribution in [0, 0.1) is 0 Å². The minimum atomic E-state index is -0.572. The molecular weight excluding hydrogens is 571 g/mol. The Labute approximate surface area is 271 Å². The summed E-state index contributed by atoms with van der Waals surface area (Å²) < 4.78 is 9.61. The number of fused-ring (bicyclic) bond motifs is 16. The molecule has 0 atom stereocenters. The van der Waals surface area contributed by atoms with Crippen molar-refractivity contribution in [2.45, 2.75) is 5.41 Å². The average molecular weight is 598 g/mol. The van der Waals surface area contributed by atoms with Gasteiger partial charge in [0.25, 0.3) is 0 Å². The zero-order valence-electron chi connectivity index (χ0n) is 25.4. The second-order valence-corrected chi connectivity index (χ2v) is 12.8. The van der Waals surface area contributed by atoms with Crippen molar-refractivity contribution in [3.63, 3.8) is 0 Å². The van der Waals surface area contributed by atoms with Crippen LogP contribution in [-0.4, -0.2) is 4.57 Å². The molecule has 1 aliphatic heterocycles. The molecule has 0 saturated heterocycles. The topological polar surface area (TPSA) is 14.2 Å². The maximum Gasteiger partial charge on any atom is 0.140 e. The van der Waals surface area contributed by atoms with Gasteiger partial charge in [0.2, 0.25) is 0 Å². The first-order valence-electron chi connectivity index (χ1n) is 16.3. The predicted octanol–water partition coefficient (Wildman–Crippen LogP) is 11.6. The van der Waals surface area contributed by atoms with Crippen LogP contribution in [0.5, 0.6) is 11.5 Å². The lowest BCUT2D eigenvalue weighted by molar-refractivity contribution is 0.447. The molecule has 1 spiro atoms. The lowest BCUT2D eigenvalue weighted by Crippen LogP contribution is -2.32. The van der Waals surface area contributed by atoms with E-state index in [0.29, 0.717) is 0 Å². The number of hydrogen-bond donors (Lipinski definition) is 0. The summed E-state index contributed by atoms with van der Waals surface area (Å²) in [6.45, 7) is 0. The average Bonchev–Trinajstić information content (AvgIpc) is 3.63. The second kappa shape index (κ2) is 8.99. The molecule has 218 valence electrons. The van der Waals surface area contributed by atoms with Crippen LogP contribution in [0.25, 0.3) is 60.2 Å². The van der Waals surface area contributed by atoms with E-state index in [2.05, 4.69) is 168 Å². The monoisotopic (exact) mass is 597 g/mol. The smallest absolute Gasteiger partial charge is 0.140 e. The fourth-order valence-electron chi connectivity index (χ4n) is 8.80. The molecule has 0 bridgehead atoms. The molecule has 47 heavy (non-hydrogen) atoms. The van der Waals surface area contributed by atoms with E-state index >= 15 is 0 Å². The molecule has 0 amide bonds. The number of ether oxygens (including phenoxy) is 1. The van der Waals surface area contributed by atoms with Crippen LogP contribution in [0.3, 0.4) is 0 Å². The zero-order valence-corrected chi connectivity index (χ0v) is 25.4. The van der Waals surface area contributed by atoms with Crippen LogP contribution >= 0.6 is 0 Å². The molecule has 2 heterocycles. The van der Waals surface area contributed by atoms with Gasteiger partial charge in [0.05, 0.1) is 22.1 Å². The Hall–Kier alpha value is -6.12. The first kappa shape index (κ1) is 25.1. The van der Waals surface area contributed by atoms with Crippen LogP contribution in [0.2, 0.25) is 0 Å². The van der Waals surface area contributed by atoms with E-state index in [1.807, 2.05) is 0 Å². The highest BCUT2D eigenvalue weighted by molar-refractivity contribution is 6.10. The summed E-state index contributed by atoms with van der Waals surface area (Å²) in [4.78, 5) is 0. The molecule has 8 aromatic carbocycles. The molecule has 0 saturated carbocycles. The summed E-state index contributed by atoms with van der Waals surface area (Å²) in [6.07, 6.45) is 0. The van der Waals surface area contributed by atoms with Gasteiger partial charge in [-0.3, -0.25) is 0 Å². The van der Waals surface area contributed by atoms with Gasteiger partial charge in [0.15, 0.2) is 0 Å². The fourth-order valence-corrected chi connectivity index (χ4v) is 8.80. The van der Waals surface area contributed by atoms with Gasteiger partial charge in [-0.15, -0.1) is 0 Å².